The van der Waals surface area contributed by atoms with Crippen LogP contribution in [0.4, 0.5) is 5.69 Å². The van der Waals surface area contributed by atoms with Crippen LogP contribution in [0.2, 0.25) is 0 Å². The first kappa shape index (κ1) is 22.5. The Morgan fingerprint density at radius 1 is 0.966 bits per heavy atom. The Kier molecular flexibility index (Phi) is 8.33. The van der Waals surface area contributed by atoms with Crippen LogP contribution >= 0.6 is 0 Å². The molecular weight excluding hydrogens is 372 g/mol. The number of hydrogen-bond acceptors (Lipinski definition) is 5. The molecule has 0 fully saturated rings. The maximum atomic E-state index is 12.0. The molecule has 1 aromatic heterocycles. The molecule has 0 aliphatic carbocycles. The van der Waals surface area contributed by atoms with Gasteiger partial charge < -0.3 is 9.47 Å². The second kappa shape index (κ2) is 10.7. The molecule has 2 rings (SSSR count). The minimum atomic E-state index is -0.384. The highest BCUT2D eigenvalue weighted by Gasteiger charge is 2.09. The van der Waals surface area contributed by atoms with Gasteiger partial charge >= 0.3 is 5.69 Å². The summed E-state index contributed by atoms with van der Waals surface area (Å²) in [6.07, 6.45) is 4.47. The number of rotatable bonds is 11. The van der Waals surface area contributed by atoms with Crippen molar-refractivity contribution in [3.05, 3.63) is 72.5 Å². The van der Waals surface area contributed by atoms with E-state index in [1.54, 1.807) is 29.8 Å². The minimum absolute atomic E-state index is 0.117. The van der Waals surface area contributed by atoms with Crippen LogP contribution in [0.1, 0.15) is 37.4 Å². The van der Waals surface area contributed by atoms with Crippen molar-refractivity contribution in [2.24, 2.45) is 14.1 Å². The highest BCUT2D eigenvalue weighted by Crippen LogP contribution is 2.13. The van der Waals surface area contributed by atoms with Gasteiger partial charge in [-0.1, -0.05) is 19.1 Å². The first-order chi connectivity index (χ1) is 13.8. The van der Waals surface area contributed by atoms with E-state index in [9.17, 15) is 19.7 Å². The average molecular weight is 402 g/mol. The zero-order chi connectivity index (χ0) is 21.4. The molecule has 2 aromatic rings. The number of nitrogens with zero attached hydrogens (tertiary/aromatic N) is 4. The van der Waals surface area contributed by atoms with Gasteiger partial charge in [-0.25, -0.2) is 4.79 Å². The van der Waals surface area contributed by atoms with Crippen molar-refractivity contribution in [3.63, 3.8) is 0 Å². The molecule has 29 heavy (non-hydrogen) atoms. The van der Waals surface area contributed by atoms with Crippen LogP contribution in [-0.4, -0.2) is 38.6 Å². The lowest BCUT2D eigenvalue weighted by atomic mass is 10.1. The molecule has 0 aliphatic rings. The number of nitro groups is 1. The van der Waals surface area contributed by atoms with E-state index in [0.29, 0.717) is 6.42 Å². The van der Waals surface area contributed by atoms with Crippen LogP contribution in [0.25, 0.3) is 0 Å². The zero-order valence-corrected chi connectivity index (χ0v) is 17.5. The molecule has 0 unspecified atom stereocenters. The molecule has 1 aromatic carbocycles. The van der Waals surface area contributed by atoms with Gasteiger partial charge in [0.2, 0.25) is 0 Å². The zero-order valence-electron chi connectivity index (χ0n) is 17.5. The second-order valence-corrected chi connectivity index (χ2v) is 7.35. The van der Waals surface area contributed by atoms with E-state index in [4.69, 9.17) is 0 Å². The van der Waals surface area contributed by atoms with Crippen molar-refractivity contribution in [3.8, 4) is 0 Å². The van der Waals surface area contributed by atoms with E-state index in [1.165, 1.54) is 7.05 Å². The first-order valence-corrected chi connectivity index (χ1v) is 10.0. The Hall–Kier alpha value is -2.74. The molecule has 8 nitrogen and oxygen atoms in total. The third-order valence-corrected chi connectivity index (χ3v) is 5.16. The van der Waals surface area contributed by atoms with Crippen molar-refractivity contribution in [2.75, 3.05) is 19.6 Å². The van der Waals surface area contributed by atoms with E-state index in [1.807, 2.05) is 12.1 Å². The van der Waals surface area contributed by atoms with Crippen LogP contribution < -0.4 is 11.2 Å². The van der Waals surface area contributed by atoms with Gasteiger partial charge in [-0.3, -0.25) is 19.5 Å². The second-order valence-electron chi connectivity index (χ2n) is 7.35. The Bertz CT molecular complexity index is 931. The number of aryl methyl sites for hydroxylation is 2. The Balaban J connectivity index is 1.85. The van der Waals surface area contributed by atoms with Crippen LogP contribution in [0.5, 0.6) is 0 Å². The molecule has 0 saturated heterocycles. The average Bonchev–Trinajstić information content (AvgIpc) is 2.70. The van der Waals surface area contributed by atoms with E-state index in [0.717, 1.165) is 61.1 Å². The largest absolute Gasteiger partial charge is 0.330 e. The third-order valence-electron chi connectivity index (χ3n) is 5.16. The minimum Gasteiger partial charge on any atom is -0.303 e. The maximum Gasteiger partial charge on any atom is 0.330 e. The summed E-state index contributed by atoms with van der Waals surface area (Å²) in [4.78, 5) is 36.6. The molecule has 0 radical (unpaired) electrons. The van der Waals surface area contributed by atoms with Gasteiger partial charge in [0.05, 0.1) is 4.92 Å². The lowest BCUT2D eigenvalue weighted by molar-refractivity contribution is -0.384. The van der Waals surface area contributed by atoms with Crippen molar-refractivity contribution in [2.45, 2.75) is 39.0 Å². The Morgan fingerprint density at radius 2 is 1.59 bits per heavy atom. The van der Waals surface area contributed by atoms with Crippen molar-refractivity contribution in [1.29, 1.82) is 0 Å². The normalized spacial score (nSPS) is 11.2. The highest BCUT2D eigenvalue weighted by atomic mass is 16.6. The molecule has 0 amide bonds. The van der Waals surface area contributed by atoms with Gasteiger partial charge in [-0.15, -0.1) is 0 Å². The third kappa shape index (κ3) is 6.39. The molecule has 8 heteroatoms. The van der Waals surface area contributed by atoms with Crippen LogP contribution in [0.15, 0.2) is 39.9 Å². The fourth-order valence-corrected chi connectivity index (χ4v) is 3.44. The Labute approximate surface area is 170 Å². The molecule has 0 N–H and O–H groups in total. The lowest BCUT2D eigenvalue weighted by Crippen LogP contribution is -2.38. The molecule has 0 spiro atoms. The van der Waals surface area contributed by atoms with Gasteiger partial charge in [-0.05, 0) is 57.3 Å². The molecule has 0 atom stereocenters. The molecule has 0 aliphatic heterocycles. The van der Waals surface area contributed by atoms with Crippen LogP contribution in [0.3, 0.4) is 0 Å². The van der Waals surface area contributed by atoms with Gasteiger partial charge in [0.1, 0.15) is 0 Å². The van der Waals surface area contributed by atoms with E-state index < -0.39 is 0 Å². The first-order valence-electron chi connectivity index (χ1n) is 10.0. The molecular formula is C21H30N4O4. The van der Waals surface area contributed by atoms with Crippen molar-refractivity contribution < 1.29 is 4.92 Å². The number of non-ortho nitro benzene ring substituents is 1. The summed E-state index contributed by atoms with van der Waals surface area (Å²) in [5.74, 6) is 0. The summed E-state index contributed by atoms with van der Waals surface area (Å²) in [5.41, 5.74) is 1.42. The van der Waals surface area contributed by atoms with Crippen LogP contribution in [-0.2, 0) is 26.9 Å². The number of hydrogen-bond donors (Lipinski definition) is 0. The quantitative estimate of drug-likeness (QED) is 0.425. The monoisotopic (exact) mass is 402 g/mol. The predicted molar refractivity (Wildman–Crippen MR) is 113 cm³/mol. The van der Waals surface area contributed by atoms with E-state index >= 15 is 0 Å². The maximum absolute atomic E-state index is 12.0. The standard InChI is InChI=1S/C21H30N4O4/c1-4-13-24(14-5-7-17-9-11-18(12-10-17)25(28)29)15-6-8-19-16-20(26)23(3)21(27)22(19)2/h9-12,16H,4-8,13-15H2,1-3H3. The highest BCUT2D eigenvalue weighted by molar-refractivity contribution is 5.32. The summed E-state index contributed by atoms with van der Waals surface area (Å²) in [6.45, 7) is 4.99. The lowest BCUT2D eigenvalue weighted by Gasteiger charge is -2.22. The van der Waals surface area contributed by atoms with Gasteiger partial charge in [0, 0.05) is 38.0 Å². The number of aromatic nitrogens is 2. The van der Waals surface area contributed by atoms with E-state index in [-0.39, 0.29) is 21.9 Å². The topological polar surface area (TPSA) is 90.4 Å². The van der Waals surface area contributed by atoms with Crippen LogP contribution in [0, 0.1) is 10.1 Å². The predicted octanol–water partition coefficient (Wildman–Crippen LogP) is 2.27. The van der Waals surface area contributed by atoms with Crippen molar-refractivity contribution in [1.82, 2.24) is 14.0 Å². The van der Waals surface area contributed by atoms with Gasteiger partial charge in [0.15, 0.2) is 0 Å². The molecule has 0 bridgehead atoms. The summed E-state index contributed by atoms with van der Waals surface area (Å²) in [7, 11) is 3.19. The molecule has 1 heterocycles. The fraction of sp³-hybridized carbons (Fsp3) is 0.524. The smallest absolute Gasteiger partial charge is 0.303 e. The number of benzene rings is 1. The van der Waals surface area contributed by atoms with Crippen molar-refractivity contribution >= 4 is 5.69 Å². The Morgan fingerprint density at radius 3 is 2.17 bits per heavy atom. The summed E-state index contributed by atoms with van der Waals surface area (Å²) < 4.78 is 2.66. The summed E-state index contributed by atoms with van der Waals surface area (Å²) in [6, 6.07) is 8.28. The fourth-order valence-electron chi connectivity index (χ4n) is 3.44. The number of nitro benzene ring substituents is 1. The van der Waals surface area contributed by atoms with E-state index in [2.05, 4.69) is 11.8 Å². The molecule has 0 saturated carbocycles. The van der Waals surface area contributed by atoms with Gasteiger partial charge in [0.25, 0.3) is 11.2 Å². The van der Waals surface area contributed by atoms with Gasteiger partial charge in [-0.2, -0.15) is 0 Å². The summed E-state index contributed by atoms with van der Waals surface area (Å²) >= 11 is 0. The molecule has 158 valence electrons. The summed E-state index contributed by atoms with van der Waals surface area (Å²) in [5, 5.41) is 10.7. The SMILES string of the molecule is CCCN(CCCc1ccc([N+](=O)[O-])cc1)CCCc1cc(=O)n(C)c(=O)n1C.